The molecule has 1 saturated heterocycles. The van der Waals surface area contributed by atoms with Gasteiger partial charge in [0.05, 0.1) is 5.56 Å². The Morgan fingerprint density at radius 3 is 2.90 bits per heavy atom. The first kappa shape index (κ1) is 15.1. The van der Waals surface area contributed by atoms with Crippen LogP contribution in [0.2, 0.25) is 0 Å². The van der Waals surface area contributed by atoms with E-state index in [0.717, 1.165) is 12.0 Å². The molecule has 1 atom stereocenters. The number of carbonyl (C=O) groups is 2. The third kappa shape index (κ3) is 3.23. The Labute approximate surface area is 123 Å². The monoisotopic (exact) mass is 286 g/mol. The lowest BCUT2D eigenvalue weighted by molar-refractivity contribution is -0.121. The highest BCUT2D eigenvalue weighted by atomic mass is 16.2. The van der Waals surface area contributed by atoms with Crippen LogP contribution in [-0.2, 0) is 4.79 Å². The molecule has 0 aromatic heterocycles. The van der Waals surface area contributed by atoms with Gasteiger partial charge in [-0.25, -0.2) is 0 Å². The number of aliphatic hydroxyl groups is 1. The van der Waals surface area contributed by atoms with E-state index in [1.54, 1.807) is 12.1 Å². The average Bonchev–Trinajstić information content (AvgIpc) is 2.94. The number of nitrogens with zero attached hydrogens (tertiary/aromatic N) is 1. The van der Waals surface area contributed by atoms with Crippen LogP contribution in [0.4, 0.5) is 0 Å². The maximum Gasteiger partial charge on any atom is 0.255 e. The second kappa shape index (κ2) is 6.42. The number of nitrogens with two attached hydrogens (primary N) is 1. The molecule has 1 aliphatic heterocycles. The van der Waals surface area contributed by atoms with Gasteiger partial charge in [0.2, 0.25) is 5.91 Å². The summed E-state index contributed by atoms with van der Waals surface area (Å²) in [5, 5.41) is 8.82. The first-order valence-electron chi connectivity index (χ1n) is 6.85. The molecule has 1 fully saturated rings. The van der Waals surface area contributed by atoms with E-state index in [0.29, 0.717) is 24.1 Å². The fourth-order valence-electron chi connectivity index (χ4n) is 2.54. The van der Waals surface area contributed by atoms with Gasteiger partial charge in [0.15, 0.2) is 0 Å². The van der Waals surface area contributed by atoms with Crippen molar-refractivity contribution >= 4 is 11.8 Å². The molecule has 0 radical (unpaired) electrons. The molecule has 0 bridgehead atoms. The van der Waals surface area contributed by atoms with Crippen molar-refractivity contribution in [2.45, 2.75) is 25.8 Å². The average molecular weight is 286 g/mol. The van der Waals surface area contributed by atoms with Gasteiger partial charge in [-0.15, -0.1) is 0 Å². The van der Waals surface area contributed by atoms with Gasteiger partial charge in [0, 0.05) is 12.1 Å². The van der Waals surface area contributed by atoms with Crippen molar-refractivity contribution in [1.29, 1.82) is 0 Å². The molecule has 3 N–H and O–H groups in total. The first-order chi connectivity index (χ1) is 10.0. The summed E-state index contributed by atoms with van der Waals surface area (Å²) in [6.45, 7) is 2.16. The second-order valence-electron chi connectivity index (χ2n) is 5.07. The Balaban J connectivity index is 2.37. The van der Waals surface area contributed by atoms with Crippen LogP contribution in [0.15, 0.2) is 18.2 Å². The molecule has 21 heavy (non-hydrogen) atoms. The minimum absolute atomic E-state index is 0.237. The lowest BCUT2D eigenvalue weighted by atomic mass is 10.0. The highest BCUT2D eigenvalue weighted by Crippen LogP contribution is 2.22. The van der Waals surface area contributed by atoms with E-state index in [4.69, 9.17) is 10.8 Å². The Kier molecular flexibility index (Phi) is 4.61. The Hall–Kier alpha value is -2.32. The van der Waals surface area contributed by atoms with Crippen molar-refractivity contribution in [3.63, 3.8) is 0 Å². The lowest BCUT2D eigenvalue weighted by Crippen LogP contribution is -2.43. The van der Waals surface area contributed by atoms with Crippen molar-refractivity contribution < 1.29 is 14.7 Å². The van der Waals surface area contributed by atoms with Crippen LogP contribution in [0.1, 0.15) is 34.3 Å². The molecule has 110 valence electrons. The number of hydrogen-bond donors (Lipinski definition) is 2. The highest BCUT2D eigenvalue weighted by Gasteiger charge is 2.33. The van der Waals surface area contributed by atoms with Crippen molar-refractivity contribution in [2.75, 3.05) is 13.2 Å². The van der Waals surface area contributed by atoms with Gasteiger partial charge in [-0.2, -0.15) is 0 Å². The molecule has 1 aliphatic rings. The number of amides is 2. The van der Waals surface area contributed by atoms with Gasteiger partial charge in [-0.3, -0.25) is 9.59 Å². The predicted molar refractivity (Wildman–Crippen MR) is 78.4 cm³/mol. The van der Waals surface area contributed by atoms with Gasteiger partial charge in [0.25, 0.3) is 5.91 Å². The number of hydrogen-bond acceptors (Lipinski definition) is 3. The third-order valence-electron chi connectivity index (χ3n) is 3.55. The molecule has 0 spiro atoms. The minimum Gasteiger partial charge on any atom is -0.384 e. The number of aliphatic hydroxyl groups excluding tert-OH is 1. The maximum absolute atomic E-state index is 12.6. The quantitative estimate of drug-likeness (QED) is 0.773. The largest absolute Gasteiger partial charge is 0.384 e. The predicted octanol–water partition coefficient (Wildman–Crippen LogP) is 0.429. The summed E-state index contributed by atoms with van der Waals surface area (Å²) in [7, 11) is 0. The Bertz CT molecular complexity index is 628. The molecule has 1 aromatic rings. The van der Waals surface area contributed by atoms with Gasteiger partial charge in [-0.05, 0) is 37.5 Å². The number of rotatable bonds is 2. The van der Waals surface area contributed by atoms with E-state index in [1.807, 2.05) is 13.0 Å². The zero-order valence-electron chi connectivity index (χ0n) is 11.9. The number of carbonyl (C=O) groups excluding carboxylic acids is 2. The van der Waals surface area contributed by atoms with Crippen LogP contribution < -0.4 is 5.73 Å². The number of likely N-dealkylation sites (tertiary alicyclic amines) is 1. The number of primary amides is 1. The summed E-state index contributed by atoms with van der Waals surface area (Å²) in [5.74, 6) is 4.63. The zero-order valence-corrected chi connectivity index (χ0v) is 11.9. The molecule has 1 unspecified atom stereocenters. The van der Waals surface area contributed by atoms with Crippen LogP contribution in [-0.4, -0.2) is 41.0 Å². The van der Waals surface area contributed by atoms with Crippen LogP contribution in [0.3, 0.4) is 0 Å². The third-order valence-corrected chi connectivity index (χ3v) is 3.55. The topological polar surface area (TPSA) is 83.6 Å². The van der Waals surface area contributed by atoms with Crippen molar-refractivity contribution in [2.24, 2.45) is 5.73 Å². The highest BCUT2D eigenvalue weighted by molar-refractivity contribution is 5.99. The number of aryl methyl sites for hydroxylation is 1. The van der Waals surface area contributed by atoms with Crippen LogP contribution >= 0.6 is 0 Å². The lowest BCUT2D eigenvalue weighted by Gasteiger charge is -2.22. The van der Waals surface area contributed by atoms with Crippen LogP contribution in [0.25, 0.3) is 0 Å². The van der Waals surface area contributed by atoms with Crippen LogP contribution in [0.5, 0.6) is 0 Å². The van der Waals surface area contributed by atoms with Crippen LogP contribution in [0, 0.1) is 18.8 Å². The van der Waals surface area contributed by atoms with E-state index >= 15 is 0 Å². The second-order valence-corrected chi connectivity index (χ2v) is 5.07. The van der Waals surface area contributed by atoms with Gasteiger partial charge in [0.1, 0.15) is 12.6 Å². The molecule has 5 heteroatoms. The molecule has 0 saturated carbocycles. The zero-order chi connectivity index (χ0) is 15.4. The number of benzene rings is 1. The van der Waals surface area contributed by atoms with E-state index in [9.17, 15) is 9.59 Å². The first-order valence-corrected chi connectivity index (χ1v) is 6.85. The van der Waals surface area contributed by atoms with Gasteiger partial charge in [-0.1, -0.05) is 17.9 Å². The summed E-state index contributed by atoms with van der Waals surface area (Å²) < 4.78 is 0. The molecular formula is C16H18N2O3. The fraction of sp³-hybridized carbons (Fsp3) is 0.375. The van der Waals surface area contributed by atoms with E-state index in [-0.39, 0.29) is 12.5 Å². The standard InChI is InChI=1S/C16H18N2O3/c1-11-6-7-13(12(10-11)4-3-9-19)16(21)18-8-2-5-14(18)15(17)20/h6-7,10,14,19H,2,5,8-9H2,1H3,(H2,17,20). The SMILES string of the molecule is Cc1ccc(C(=O)N2CCCC2C(N)=O)c(C#CCO)c1. The summed E-state index contributed by atoms with van der Waals surface area (Å²) in [6.07, 6.45) is 1.37. The minimum atomic E-state index is -0.544. The fourth-order valence-corrected chi connectivity index (χ4v) is 2.54. The molecule has 5 nitrogen and oxygen atoms in total. The summed E-state index contributed by atoms with van der Waals surface area (Å²) in [4.78, 5) is 25.6. The van der Waals surface area contributed by atoms with E-state index in [2.05, 4.69) is 11.8 Å². The molecule has 0 aliphatic carbocycles. The van der Waals surface area contributed by atoms with E-state index < -0.39 is 11.9 Å². The Morgan fingerprint density at radius 2 is 2.24 bits per heavy atom. The van der Waals surface area contributed by atoms with Gasteiger partial charge < -0.3 is 15.7 Å². The van der Waals surface area contributed by atoms with Crippen molar-refractivity contribution in [1.82, 2.24) is 4.90 Å². The molecular weight excluding hydrogens is 268 g/mol. The normalized spacial score (nSPS) is 17.2. The van der Waals surface area contributed by atoms with Crippen molar-refractivity contribution in [3.8, 4) is 11.8 Å². The van der Waals surface area contributed by atoms with E-state index in [1.165, 1.54) is 4.90 Å². The molecule has 1 heterocycles. The molecule has 2 amide bonds. The summed E-state index contributed by atoms with van der Waals surface area (Å²) >= 11 is 0. The van der Waals surface area contributed by atoms with Gasteiger partial charge >= 0.3 is 0 Å². The summed E-state index contributed by atoms with van der Waals surface area (Å²) in [6, 6.07) is 4.78. The summed E-state index contributed by atoms with van der Waals surface area (Å²) in [5.41, 5.74) is 7.33. The Morgan fingerprint density at radius 1 is 1.48 bits per heavy atom. The molecule has 2 rings (SSSR count). The smallest absolute Gasteiger partial charge is 0.255 e. The van der Waals surface area contributed by atoms with Crippen molar-refractivity contribution in [3.05, 3.63) is 34.9 Å². The maximum atomic E-state index is 12.6. The molecule has 1 aromatic carbocycles.